The zero-order valence-corrected chi connectivity index (χ0v) is 24.0. The molecule has 0 saturated carbocycles. The van der Waals surface area contributed by atoms with Crippen molar-refractivity contribution < 1.29 is 28.5 Å². The van der Waals surface area contributed by atoms with Crippen LogP contribution in [0.5, 0.6) is 11.5 Å². The lowest BCUT2D eigenvalue weighted by Gasteiger charge is -2.39. The van der Waals surface area contributed by atoms with Crippen molar-refractivity contribution in [2.24, 2.45) is 0 Å². The average molecular weight is 539 g/mol. The van der Waals surface area contributed by atoms with Crippen molar-refractivity contribution in [2.45, 2.75) is 116 Å². The van der Waals surface area contributed by atoms with Gasteiger partial charge in [0.1, 0.15) is 23.7 Å². The number of ether oxygens (including phenoxy) is 4. The van der Waals surface area contributed by atoms with Crippen LogP contribution >= 0.6 is 0 Å². The molecule has 1 aliphatic rings. The molecule has 1 fully saturated rings. The molecule has 0 radical (unpaired) electrons. The highest BCUT2D eigenvalue weighted by Gasteiger charge is 2.42. The minimum Gasteiger partial charge on any atom is -0.494 e. The third-order valence-electron chi connectivity index (χ3n) is 7.29. The molecule has 6 heteroatoms. The van der Waals surface area contributed by atoms with Gasteiger partial charge in [0.2, 0.25) is 0 Å². The second kappa shape index (κ2) is 16.2. The lowest BCUT2D eigenvalue weighted by atomic mass is 9.84. The first-order chi connectivity index (χ1) is 19.0. The van der Waals surface area contributed by atoms with Crippen LogP contribution in [0.4, 0.5) is 0 Å². The summed E-state index contributed by atoms with van der Waals surface area (Å²) in [7, 11) is 0. The standard InChI is InChI=1S/C33H46O6/c1-4-7-8-9-10-11-24-36-28-16-18-29(19-17-28)37-25-26-12-14-27(15-13-26)31(34)38-30-20-23-33(21-5-2,22-6-3)39-32(30)35/h12-19,30H,4-11,20-25H2,1-3H3/t30-/m0/s1. The fourth-order valence-electron chi connectivity index (χ4n) is 5.14. The molecule has 2 aromatic carbocycles. The second-order valence-corrected chi connectivity index (χ2v) is 10.6. The molecule has 0 spiro atoms. The lowest BCUT2D eigenvalue weighted by Crippen LogP contribution is -2.46. The maximum atomic E-state index is 12.7. The van der Waals surface area contributed by atoms with Crippen LogP contribution in [0.15, 0.2) is 48.5 Å². The van der Waals surface area contributed by atoms with Crippen molar-refractivity contribution in [3.05, 3.63) is 59.7 Å². The first-order valence-corrected chi connectivity index (χ1v) is 14.9. The molecule has 214 valence electrons. The van der Waals surface area contributed by atoms with Gasteiger partial charge in [-0.2, -0.15) is 0 Å². The monoisotopic (exact) mass is 538 g/mol. The van der Waals surface area contributed by atoms with E-state index in [1.54, 1.807) is 12.1 Å². The largest absolute Gasteiger partial charge is 0.494 e. The van der Waals surface area contributed by atoms with Crippen LogP contribution in [-0.4, -0.2) is 30.3 Å². The SMILES string of the molecule is CCCCCCCCOc1ccc(OCc2ccc(C(=O)O[C@H]3CCC(CCC)(CCC)OC3=O)cc2)cc1. The maximum Gasteiger partial charge on any atom is 0.348 e. The number of hydrogen-bond donors (Lipinski definition) is 0. The Bertz CT molecular complexity index is 992. The fraction of sp³-hybridized carbons (Fsp3) is 0.576. The molecule has 6 nitrogen and oxygen atoms in total. The first kappa shape index (κ1) is 30.5. The summed E-state index contributed by atoms with van der Waals surface area (Å²) in [6, 6.07) is 14.7. The molecule has 0 bridgehead atoms. The summed E-state index contributed by atoms with van der Waals surface area (Å²) < 4.78 is 23.0. The van der Waals surface area contributed by atoms with E-state index in [1.807, 2.05) is 36.4 Å². The minimum atomic E-state index is -0.847. The third-order valence-corrected chi connectivity index (χ3v) is 7.29. The van der Waals surface area contributed by atoms with Gasteiger partial charge in [0, 0.05) is 0 Å². The molecular formula is C33H46O6. The molecule has 0 amide bonds. The van der Waals surface area contributed by atoms with Gasteiger partial charge in [-0.3, -0.25) is 0 Å². The smallest absolute Gasteiger partial charge is 0.348 e. The van der Waals surface area contributed by atoms with E-state index in [2.05, 4.69) is 20.8 Å². The van der Waals surface area contributed by atoms with Crippen LogP contribution in [0.1, 0.15) is 114 Å². The lowest BCUT2D eigenvalue weighted by molar-refractivity contribution is -0.184. The van der Waals surface area contributed by atoms with Crippen molar-refractivity contribution in [2.75, 3.05) is 6.61 Å². The molecule has 39 heavy (non-hydrogen) atoms. The summed E-state index contributed by atoms with van der Waals surface area (Å²) in [6.07, 6.45) is 11.4. The Kier molecular flexibility index (Phi) is 12.7. The molecule has 0 N–H and O–H groups in total. The zero-order chi connectivity index (χ0) is 27.9. The Morgan fingerprint density at radius 2 is 1.44 bits per heavy atom. The van der Waals surface area contributed by atoms with E-state index < -0.39 is 23.6 Å². The van der Waals surface area contributed by atoms with Gasteiger partial charge < -0.3 is 18.9 Å². The van der Waals surface area contributed by atoms with Gasteiger partial charge in [-0.05, 0) is 74.1 Å². The van der Waals surface area contributed by atoms with E-state index in [1.165, 1.54) is 32.1 Å². The van der Waals surface area contributed by atoms with Crippen molar-refractivity contribution in [3.8, 4) is 11.5 Å². The normalized spacial score (nSPS) is 16.4. The van der Waals surface area contributed by atoms with Crippen molar-refractivity contribution in [1.29, 1.82) is 0 Å². The first-order valence-electron chi connectivity index (χ1n) is 14.9. The predicted molar refractivity (Wildman–Crippen MR) is 153 cm³/mol. The van der Waals surface area contributed by atoms with E-state index in [0.29, 0.717) is 18.6 Å². The summed E-state index contributed by atoms with van der Waals surface area (Å²) in [6.45, 7) is 7.53. The molecule has 0 unspecified atom stereocenters. The average Bonchev–Trinajstić information content (AvgIpc) is 2.94. The van der Waals surface area contributed by atoms with Crippen molar-refractivity contribution >= 4 is 11.9 Å². The number of carbonyl (C=O) groups excluding carboxylic acids is 2. The number of hydrogen-bond acceptors (Lipinski definition) is 6. The summed E-state index contributed by atoms with van der Waals surface area (Å²) >= 11 is 0. The van der Waals surface area contributed by atoms with Crippen LogP contribution in [0.25, 0.3) is 0 Å². The van der Waals surface area contributed by atoms with Crippen LogP contribution in [0.2, 0.25) is 0 Å². The molecule has 1 heterocycles. The maximum absolute atomic E-state index is 12.7. The van der Waals surface area contributed by atoms with Gasteiger partial charge in [0.05, 0.1) is 12.2 Å². The summed E-state index contributed by atoms with van der Waals surface area (Å²) in [5, 5.41) is 0. The molecule has 3 rings (SSSR count). The number of cyclic esters (lactones) is 1. The van der Waals surface area contributed by atoms with Gasteiger partial charge in [0.25, 0.3) is 0 Å². The van der Waals surface area contributed by atoms with Gasteiger partial charge in [0.15, 0.2) is 6.10 Å². The molecule has 1 aliphatic heterocycles. The number of esters is 2. The van der Waals surface area contributed by atoms with Crippen LogP contribution in [-0.2, 0) is 20.9 Å². The summed E-state index contributed by atoms with van der Waals surface area (Å²) in [4.78, 5) is 25.3. The Hall–Kier alpha value is -3.02. The van der Waals surface area contributed by atoms with Gasteiger partial charge in [-0.1, -0.05) is 77.8 Å². The quantitative estimate of drug-likeness (QED) is 0.149. The van der Waals surface area contributed by atoms with Gasteiger partial charge in [-0.25, -0.2) is 9.59 Å². The molecule has 0 aromatic heterocycles. The zero-order valence-electron chi connectivity index (χ0n) is 24.0. The Labute approximate surface area is 234 Å². The van der Waals surface area contributed by atoms with E-state index in [4.69, 9.17) is 18.9 Å². The fourth-order valence-corrected chi connectivity index (χ4v) is 5.14. The molecule has 0 aliphatic carbocycles. The molecule has 1 saturated heterocycles. The molecule has 2 aromatic rings. The Morgan fingerprint density at radius 1 is 0.821 bits per heavy atom. The Morgan fingerprint density at radius 3 is 2.05 bits per heavy atom. The van der Waals surface area contributed by atoms with Gasteiger partial charge in [-0.15, -0.1) is 0 Å². The van der Waals surface area contributed by atoms with Crippen molar-refractivity contribution in [3.63, 3.8) is 0 Å². The van der Waals surface area contributed by atoms with Crippen molar-refractivity contribution in [1.82, 2.24) is 0 Å². The minimum absolute atomic E-state index is 0.374. The third kappa shape index (κ3) is 9.90. The van der Waals surface area contributed by atoms with Crippen LogP contribution in [0, 0.1) is 0 Å². The summed E-state index contributed by atoms with van der Waals surface area (Å²) in [5.74, 6) is 0.658. The number of unbranched alkanes of at least 4 members (excludes halogenated alkanes) is 5. The van der Waals surface area contributed by atoms with E-state index >= 15 is 0 Å². The summed E-state index contributed by atoms with van der Waals surface area (Å²) in [5.41, 5.74) is 0.916. The highest BCUT2D eigenvalue weighted by Crippen LogP contribution is 2.35. The number of carbonyl (C=O) groups is 2. The predicted octanol–water partition coefficient (Wildman–Crippen LogP) is 8.21. The van der Waals surface area contributed by atoms with E-state index in [-0.39, 0.29) is 0 Å². The molecule has 1 atom stereocenters. The van der Waals surface area contributed by atoms with E-state index in [9.17, 15) is 9.59 Å². The number of benzene rings is 2. The topological polar surface area (TPSA) is 71.1 Å². The second-order valence-electron chi connectivity index (χ2n) is 10.6. The Balaban J connectivity index is 1.40. The molecular weight excluding hydrogens is 492 g/mol. The highest BCUT2D eigenvalue weighted by molar-refractivity contribution is 5.91. The van der Waals surface area contributed by atoms with E-state index in [0.717, 1.165) is 62.2 Å². The van der Waals surface area contributed by atoms with Crippen LogP contribution in [0.3, 0.4) is 0 Å². The van der Waals surface area contributed by atoms with Gasteiger partial charge >= 0.3 is 11.9 Å². The highest BCUT2D eigenvalue weighted by atomic mass is 16.6. The van der Waals surface area contributed by atoms with Crippen LogP contribution < -0.4 is 9.47 Å². The number of rotatable bonds is 17.